The van der Waals surface area contributed by atoms with E-state index >= 15 is 0 Å². The van der Waals surface area contributed by atoms with Gasteiger partial charge < -0.3 is 13.9 Å². The molecule has 0 aliphatic heterocycles. The third-order valence-corrected chi connectivity index (χ3v) is 6.53. The van der Waals surface area contributed by atoms with E-state index in [4.69, 9.17) is 18.9 Å². The van der Waals surface area contributed by atoms with E-state index in [9.17, 15) is 14.9 Å². The van der Waals surface area contributed by atoms with E-state index in [-0.39, 0.29) is 23.7 Å². The summed E-state index contributed by atoms with van der Waals surface area (Å²) in [6.45, 7) is 2.46. The van der Waals surface area contributed by atoms with Gasteiger partial charge in [0.2, 0.25) is 5.82 Å². The van der Waals surface area contributed by atoms with E-state index in [0.717, 1.165) is 10.9 Å². The zero-order valence-corrected chi connectivity index (χ0v) is 22.5. The number of non-ortho nitro benzene ring substituents is 1. The van der Waals surface area contributed by atoms with Gasteiger partial charge >= 0.3 is 0 Å². The van der Waals surface area contributed by atoms with Crippen LogP contribution in [0.5, 0.6) is 11.5 Å². The highest BCUT2D eigenvalue weighted by Gasteiger charge is 2.16. The van der Waals surface area contributed by atoms with Crippen LogP contribution < -0.4 is 15.0 Å². The van der Waals surface area contributed by atoms with Gasteiger partial charge in [0, 0.05) is 17.5 Å². The third kappa shape index (κ3) is 5.33. The van der Waals surface area contributed by atoms with Gasteiger partial charge in [-0.25, -0.2) is 4.98 Å². The molecule has 0 saturated carbocycles. The quantitative estimate of drug-likeness (QED) is 0.111. The summed E-state index contributed by atoms with van der Waals surface area (Å²) >= 11 is 0. The summed E-state index contributed by atoms with van der Waals surface area (Å²) < 4.78 is 19.0. The molecule has 0 saturated heterocycles. The topological polar surface area (TPSA) is 122 Å². The summed E-state index contributed by atoms with van der Waals surface area (Å²) in [4.78, 5) is 28.7. The minimum atomic E-state index is -0.445. The summed E-state index contributed by atoms with van der Waals surface area (Å²) in [6, 6.07) is 28.0. The van der Waals surface area contributed by atoms with Crippen LogP contribution in [0.1, 0.15) is 18.1 Å². The molecule has 0 amide bonds. The molecule has 0 spiro atoms. The first kappa shape index (κ1) is 26.5. The summed E-state index contributed by atoms with van der Waals surface area (Å²) in [5.41, 5.74) is 2.34. The van der Waals surface area contributed by atoms with Crippen molar-refractivity contribution < 1.29 is 18.8 Å². The Kier molecular flexibility index (Phi) is 7.17. The number of nitrogens with zero attached hydrogens (tertiary/aromatic N) is 4. The predicted molar refractivity (Wildman–Crippen MR) is 159 cm³/mol. The zero-order valence-electron chi connectivity index (χ0n) is 22.5. The molecule has 208 valence electrons. The highest BCUT2D eigenvalue weighted by molar-refractivity contribution is 5.85. The minimum Gasteiger partial charge on any atom is -0.490 e. The van der Waals surface area contributed by atoms with Crippen molar-refractivity contribution in [3.05, 3.63) is 129 Å². The Bertz CT molecular complexity index is 1980. The lowest BCUT2D eigenvalue weighted by Gasteiger charge is -2.13. The van der Waals surface area contributed by atoms with Gasteiger partial charge in [-0.15, -0.1) is 0 Å². The first-order valence-electron chi connectivity index (χ1n) is 13.2. The van der Waals surface area contributed by atoms with Crippen LogP contribution in [0.2, 0.25) is 0 Å². The molecule has 0 bridgehead atoms. The zero-order chi connectivity index (χ0) is 29.1. The molecule has 0 N–H and O–H groups in total. The summed E-state index contributed by atoms with van der Waals surface area (Å²) in [6.07, 6.45) is 1.55. The molecule has 2 aromatic heterocycles. The van der Waals surface area contributed by atoms with Gasteiger partial charge in [0.25, 0.3) is 11.2 Å². The number of fused-ring (bicyclic) bond motifs is 2. The molecule has 10 nitrogen and oxygen atoms in total. The van der Waals surface area contributed by atoms with Crippen LogP contribution in [-0.2, 0) is 6.61 Å². The van der Waals surface area contributed by atoms with E-state index in [2.05, 4.69) is 5.10 Å². The largest absolute Gasteiger partial charge is 0.490 e. The molecule has 42 heavy (non-hydrogen) atoms. The molecule has 0 aliphatic carbocycles. The lowest BCUT2D eigenvalue weighted by atomic mass is 10.2. The van der Waals surface area contributed by atoms with Crippen LogP contribution in [-0.4, -0.2) is 27.4 Å². The average molecular weight is 561 g/mol. The molecule has 4 aromatic carbocycles. The number of para-hydroxylation sites is 2. The number of nitro benzene ring substituents is 1. The van der Waals surface area contributed by atoms with Crippen molar-refractivity contribution in [3.63, 3.8) is 0 Å². The standard InChI is InChI=1S/C32H24N4O6/c1-2-40-29-17-22(13-16-28(29)41-20-21-11-14-24(15-12-21)36(38)39)19-33-35-31(30-18-23-7-3-6-10-27(23)42-30)34-26-9-5-4-8-25(26)32(35)37/h3-19H,2,20H2,1H3. The van der Waals surface area contributed by atoms with Gasteiger partial charge in [0.1, 0.15) is 12.2 Å². The van der Waals surface area contributed by atoms with Gasteiger partial charge in [-0.3, -0.25) is 14.9 Å². The molecule has 6 rings (SSSR count). The number of hydrogen-bond donors (Lipinski definition) is 0. The Morgan fingerprint density at radius 2 is 1.74 bits per heavy atom. The number of benzene rings is 4. The Balaban J connectivity index is 1.33. The molecule has 0 unspecified atom stereocenters. The van der Waals surface area contributed by atoms with Crippen molar-refractivity contribution in [3.8, 4) is 23.1 Å². The predicted octanol–water partition coefficient (Wildman–Crippen LogP) is 6.58. The monoisotopic (exact) mass is 560 g/mol. The molecular formula is C32H24N4O6. The van der Waals surface area contributed by atoms with Crippen molar-refractivity contribution in [2.75, 3.05) is 6.61 Å². The molecule has 6 aromatic rings. The number of nitro groups is 1. The summed E-state index contributed by atoms with van der Waals surface area (Å²) in [7, 11) is 0. The first-order chi connectivity index (χ1) is 20.5. The van der Waals surface area contributed by atoms with E-state index in [1.54, 1.807) is 54.7 Å². The van der Waals surface area contributed by atoms with Crippen molar-refractivity contribution in [2.45, 2.75) is 13.5 Å². The molecule has 0 fully saturated rings. The van der Waals surface area contributed by atoms with Crippen LogP contribution in [0, 0.1) is 10.1 Å². The molecule has 0 radical (unpaired) electrons. The fourth-order valence-corrected chi connectivity index (χ4v) is 4.47. The highest BCUT2D eigenvalue weighted by Crippen LogP contribution is 2.30. The Morgan fingerprint density at radius 1 is 0.952 bits per heavy atom. The Morgan fingerprint density at radius 3 is 2.52 bits per heavy atom. The molecule has 0 aliphatic rings. The molecule has 2 heterocycles. The second kappa shape index (κ2) is 11.4. The second-order valence-corrected chi connectivity index (χ2v) is 9.31. The van der Waals surface area contributed by atoms with E-state index in [1.807, 2.05) is 43.3 Å². The van der Waals surface area contributed by atoms with Crippen molar-refractivity contribution in [1.29, 1.82) is 0 Å². The van der Waals surface area contributed by atoms with Crippen LogP contribution in [0.4, 0.5) is 5.69 Å². The normalized spacial score (nSPS) is 11.4. The Labute approximate surface area is 239 Å². The number of aromatic nitrogens is 2. The van der Waals surface area contributed by atoms with E-state index in [0.29, 0.717) is 45.9 Å². The van der Waals surface area contributed by atoms with Crippen molar-refractivity contribution in [1.82, 2.24) is 9.66 Å². The number of ether oxygens (including phenoxy) is 2. The number of hydrogen-bond acceptors (Lipinski definition) is 8. The Hall–Kier alpha value is -5.77. The van der Waals surface area contributed by atoms with Crippen LogP contribution >= 0.6 is 0 Å². The van der Waals surface area contributed by atoms with Gasteiger partial charge in [-0.2, -0.15) is 9.78 Å². The number of furan rings is 1. The summed E-state index contributed by atoms with van der Waals surface area (Å²) in [5.74, 6) is 1.69. The fourth-order valence-electron chi connectivity index (χ4n) is 4.47. The maximum atomic E-state index is 13.5. The molecular weight excluding hydrogens is 536 g/mol. The van der Waals surface area contributed by atoms with Gasteiger partial charge in [0.15, 0.2) is 17.3 Å². The second-order valence-electron chi connectivity index (χ2n) is 9.31. The van der Waals surface area contributed by atoms with Gasteiger partial charge in [-0.05, 0) is 72.6 Å². The highest BCUT2D eigenvalue weighted by atomic mass is 16.6. The van der Waals surface area contributed by atoms with Crippen molar-refractivity contribution >= 4 is 33.8 Å². The first-order valence-corrected chi connectivity index (χ1v) is 13.2. The third-order valence-electron chi connectivity index (χ3n) is 6.53. The van der Waals surface area contributed by atoms with Crippen LogP contribution in [0.25, 0.3) is 33.5 Å². The van der Waals surface area contributed by atoms with Crippen molar-refractivity contribution in [2.24, 2.45) is 5.10 Å². The van der Waals surface area contributed by atoms with E-state index < -0.39 is 4.92 Å². The maximum absolute atomic E-state index is 13.5. The van der Waals surface area contributed by atoms with Gasteiger partial charge in [-0.1, -0.05) is 30.3 Å². The molecule has 10 heteroatoms. The van der Waals surface area contributed by atoms with Crippen LogP contribution in [0.15, 0.2) is 111 Å². The maximum Gasteiger partial charge on any atom is 0.282 e. The minimum absolute atomic E-state index is 0.0154. The average Bonchev–Trinajstić information content (AvgIpc) is 3.45. The molecule has 0 atom stereocenters. The fraction of sp³-hybridized carbons (Fsp3) is 0.0938. The smallest absolute Gasteiger partial charge is 0.282 e. The van der Waals surface area contributed by atoms with Gasteiger partial charge in [0.05, 0.1) is 28.6 Å². The lowest BCUT2D eigenvalue weighted by molar-refractivity contribution is -0.384. The van der Waals surface area contributed by atoms with Crippen LogP contribution in [0.3, 0.4) is 0 Å². The lowest BCUT2D eigenvalue weighted by Crippen LogP contribution is -2.20. The summed E-state index contributed by atoms with van der Waals surface area (Å²) in [5, 5.41) is 16.7. The SMILES string of the molecule is CCOc1cc(C=Nn2c(-c3cc4ccccc4o3)nc3ccccc3c2=O)ccc1OCc1ccc([N+](=O)[O-])cc1. The van der Waals surface area contributed by atoms with E-state index in [1.165, 1.54) is 16.8 Å². The number of rotatable bonds is 9.